The molecule has 0 spiro atoms. The summed E-state index contributed by atoms with van der Waals surface area (Å²) in [6, 6.07) is 35.1. The smallest absolute Gasteiger partial charge is 0.131 e. The number of hydrogen-bond donors (Lipinski definition) is 0. The zero-order chi connectivity index (χ0) is 33.3. The maximum absolute atomic E-state index is 6.55. The van der Waals surface area contributed by atoms with Gasteiger partial charge in [-0.3, -0.25) is 0 Å². The van der Waals surface area contributed by atoms with Crippen molar-refractivity contribution >= 4 is 36.8 Å². The number of benzene rings is 4. The largest absolute Gasteiger partial charge is 0.462 e. The van der Waals surface area contributed by atoms with Crippen molar-refractivity contribution in [2.75, 3.05) is 0 Å². The Bertz CT molecular complexity index is 2270. The van der Waals surface area contributed by atoms with Gasteiger partial charge in [-0.2, -0.15) is 0 Å². The molecule has 6 aromatic rings. The minimum absolute atomic E-state index is 0.0305. The van der Waals surface area contributed by atoms with Gasteiger partial charge in [0.1, 0.15) is 23.0 Å². The topological polar surface area (TPSA) is 26.3 Å². The van der Waals surface area contributed by atoms with Crippen molar-refractivity contribution in [2.45, 2.75) is 60.1 Å². The summed E-state index contributed by atoms with van der Waals surface area (Å²) in [5.74, 6) is 3.73. The molecule has 2 nitrogen and oxygen atoms in total. The highest BCUT2D eigenvalue weighted by atomic mass is 28.3. The minimum Gasteiger partial charge on any atom is -0.462 e. The maximum atomic E-state index is 6.55. The highest BCUT2D eigenvalue weighted by Gasteiger charge is 2.41. The van der Waals surface area contributed by atoms with E-state index in [0.29, 0.717) is 0 Å². The van der Waals surface area contributed by atoms with Crippen LogP contribution in [0.3, 0.4) is 0 Å². The molecule has 0 fully saturated rings. The number of aryl methyl sites for hydroxylation is 3. The van der Waals surface area contributed by atoms with Gasteiger partial charge >= 0.3 is 0 Å². The van der Waals surface area contributed by atoms with Crippen molar-refractivity contribution in [3.05, 3.63) is 159 Å². The molecule has 0 saturated carbocycles. The first-order chi connectivity index (χ1) is 23.2. The summed E-state index contributed by atoms with van der Waals surface area (Å²) < 4.78 is 13.1. The number of allylic oxidation sites excluding steroid dienone is 3. The van der Waals surface area contributed by atoms with E-state index in [1.54, 1.807) is 5.19 Å². The normalized spacial score (nSPS) is 15.3. The van der Waals surface area contributed by atoms with E-state index < -0.39 is 8.80 Å². The molecule has 3 heteroatoms. The second-order valence-corrected chi connectivity index (χ2v) is 16.3. The van der Waals surface area contributed by atoms with Crippen LogP contribution in [-0.2, 0) is 6.42 Å². The van der Waals surface area contributed by atoms with Crippen molar-refractivity contribution in [1.82, 2.24) is 0 Å². The maximum Gasteiger partial charge on any atom is 0.131 e. The summed E-state index contributed by atoms with van der Waals surface area (Å²) in [5.41, 5.74) is 18.6. The van der Waals surface area contributed by atoms with Crippen LogP contribution >= 0.6 is 0 Å². The molecular formula is C45H41O2Si. The third-order valence-electron chi connectivity index (χ3n) is 10.5. The Morgan fingerprint density at radius 3 is 1.79 bits per heavy atom. The summed E-state index contributed by atoms with van der Waals surface area (Å²) in [5, 5.41) is 1.56. The Morgan fingerprint density at radius 1 is 0.604 bits per heavy atom. The molecule has 0 aliphatic heterocycles. The van der Waals surface area contributed by atoms with Gasteiger partial charge < -0.3 is 8.83 Å². The van der Waals surface area contributed by atoms with Crippen LogP contribution in [0, 0.1) is 34.6 Å². The standard InChI is InChI=1S/C45H41O2Si/c1-26-18-21-33-34(40(26)31-14-10-8-11-15-31)24-35(38-22-19-27(2)46-38)42(33)43-36(39-23-20-28(3)47-39)25-37-44(43)41(32-16-12-9-13-17-32)29(4)30(5)45(37)48(6)7/h8-24,42H,25H2,1-7H3. The van der Waals surface area contributed by atoms with Crippen LogP contribution in [0.5, 0.6) is 0 Å². The first-order valence-corrected chi connectivity index (χ1v) is 19.5. The Morgan fingerprint density at radius 2 is 1.21 bits per heavy atom. The zero-order valence-electron chi connectivity index (χ0n) is 28.9. The molecule has 0 amide bonds. The summed E-state index contributed by atoms with van der Waals surface area (Å²) >= 11 is 0. The van der Waals surface area contributed by atoms with Gasteiger partial charge in [0.25, 0.3) is 0 Å². The van der Waals surface area contributed by atoms with E-state index in [0.717, 1.165) is 29.5 Å². The van der Waals surface area contributed by atoms with E-state index in [1.807, 2.05) is 6.92 Å². The average Bonchev–Trinajstić information content (AvgIpc) is 3.87. The van der Waals surface area contributed by atoms with Crippen LogP contribution in [0.2, 0.25) is 13.1 Å². The highest BCUT2D eigenvalue weighted by Crippen LogP contribution is 2.58. The average molecular weight is 642 g/mol. The van der Waals surface area contributed by atoms with Crippen LogP contribution in [0.25, 0.3) is 45.0 Å². The second-order valence-electron chi connectivity index (χ2n) is 13.8. The van der Waals surface area contributed by atoms with Gasteiger partial charge in [-0.1, -0.05) is 91.1 Å². The monoisotopic (exact) mass is 641 g/mol. The lowest BCUT2D eigenvalue weighted by atomic mass is 9.78. The van der Waals surface area contributed by atoms with Gasteiger partial charge in [0, 0.05) is 23.5 Å². The molecule has 0 N–H and O–H groups in total. The molecule has 0 bridgehead atoms. The van der Waals surface area contributed by atoms with Crippen LogP contribution in [-0.4, -0.2) is 8.80 Å². The fraction of sp³-hybridized carbons (Fsp3) is 0.200. The van der Waals surface area contributed by atoms with E-state index >= 15 is 0 Å². The van der Waals surface area contributed by atoms with E-state index in [2.05, 4.69) is 144 Å². The van der Waals surface area contributed by atoms with Crippen LogP contribution in [0.15, 0.2) is 106 Å². The molecule has 2 aromatic heterocycles. The van der Waals surface area contributed by atoms with E-state index in [1.165, 1.54) is 77.9 Å². The Labute approximate surface area is 286 Å². The summed E-state index contributed by atoms with van der Waals surface area (Å²) in [7, 11) is -0.792. The second kappa shape index (κ2) is 11.7. The van der Waals surface area contributed by atoms with Crippen molar-refractivity contribution < 1.29 is 8.83 Å². The SMILES string of the molecule is Cc1ccc(C2=Cc3c(ccc(C)c3-c3ccccc3)C2C2=C(c3ccc(C)o3)Cc3c2c(-c2ccccc2)c(C)c(C)c3[Si](C)C)o1. The van der Waals surface area contributed by atoms with Gasteiger partial charge in [-0.05, 0) is 132 Å². The summed E-state index contributed by atoms with van der Waals surface area (Å²) in [6.07, 6.45) is 3.28. The highest BCUT2D eigenvalue weighted by molar-refractivity contribution is 6.72. The summed E-state index contributed by atoms with van der Waals surface area (Å²) in [6.45, 7) is 15.9. The molecular weight excluding hydrogens is 601 g/mol. The fourth-order valence-corrected chi connectivity index (χ4v) is 10.2. The third-order valence-corrected chi connectivity index (χ3v) is 12.2. The predicted octanol–water partition coefficient (Wildman–Crippen LogP) is 11.5. The molecule has 4 aromatic carbocycles. The summed E-state index contributed by atoms with van der Waals surface area (Å²) in [4.78, 5) is 0. The molecule has 2 aliphatic rings. The van der Waals surface area contributed by atoms with Gasteiger partial charge in [0.15, 0.2) is 0 Å². The molecule has 1 unspecified atom stereocenters. The molecule has 8 rings (SSSR count). The third kappa shape index (κ3) is 4.75. The lowest BCUT2D eigenvalue weighted by Crippen LogP contribution is -2.31. The Kier molecular flexibility index (Phi) is 7.41. The van der Waals surface area contributed by atoms with E-state index in [9.17, 15) is 0 Å². The van der Waals surface area contributed by atoms with E-state index in [-0.39, 0.29) is 5.92 Å². The van der Waals surface area contributed by atoms with E-state index in [4.69, 9.17) is 8.83 Å². The molecule has 2 heterocycles. The number of rotatable bonds is 6. The minimum atomic E-state index is -0.792. The van der Waals surface area contributed by atoms with Gasteiger partial charge in [-0.15, -0.1) is 0 Å². The van der Waals surface area contributed by atoms with Crippen LogP contribution in [0.4, 0.5) is 0 Å². The van der Waals surface area contributed by atoms with Crippen molar-refractivity contribution in [3.63, 3.8) is 0 Å². The first-order valence-electron chi connectivity index (χ1n) is 17.0. The van der Waals surface area contributed by atoms with Crippen LogP contribution in [0.1, 0.15) is 67.9 Å². The molecule has 1 atom stereocenters. The van der Waals surface area contributed by atoms with Gasteiger partial charge in [0.05, 0.1) is 8.80 Å². The first kappa shape index (κ1) is 30.5. The molecule has 0 saturated heterocycles. The Balaban J connectivity index is 1.51. The quantitative estimate of drug-likeness (QED) is 0.169. The van der Waals surface area contributed by atoms with Crippen molar-refractivity contribution in [2.24, 2.45) is 0 Å². The molecule has 48 heavy (non-hydrogen) atoms. The lowest BCUT2D eigenvalue weighted by Gasteiger charge is -2.27. The molecule has 2 aliphatic carbocycles. The van der Waals surface area contributed by atoms with Crippen molar-refractivity contribution in [1.29, 1.82) is 0 Å². The predicted molar refractivity (Wildman–Crippen MR) is 203 cm³/mol. The molecule has 237 valence electrons. The number of fused-ring (bicyclic) bond motifs is 2. The Hall–Kier alpha value is -4.86. The van der Waals surface area contributed by atoms with Gasteiger partial charge in [-0.25, -0.2) is 0 Å². The fourth-order valence-electron chi connectivity index (χ4n) is 8.40. The lowest BCUT2D eigenvalue weighted by molar-refractivity contribution is 0.518. The van der Waals surface area contributed by atoms with Gasteiger partial charge in [0.2, 0.25) is 0 Å². The number of furan rings is 2. The van der Waals surface area contributed by atoms with Crippen LogP contribution < -0.4 is 5.19 Å². The van der Waals surface area contributed by atoms with Crippen molar-refractivity contribution in [3.8, 4) is 22.3 Å². The molecule has 1 radical (unpaired) electrons. The zero-order valence-corrected chi connectivity index (χ0v) is 29.9. The number of hydrogen-bond acceptors (Lipinski definition) is 2.